The number of halogens is 1. The fourth-order valence-corrected chi connectivity index (χ4v) is 2.14. The molecule has 0 heterocycles. The number of hydrogen-bond acceptors (Lipinski definition) is 4. The maximum Gasteiger partial charge on any atom is 0.0963 e. The monoisotopic (exact) mass is 351 g/mol. The van der Waals surface area contributed by atoms with Crippen LogP contribution in [0.4, 0.5) is 0 Å². The molecule has 0 aliphatic carbocycles. The van der Waals surface area contributed by atoms with Gasteiger partial charge in [-0.2, -0.15) is 5.10 Å². The maximum atomic E-state index is 7.76. The lowest BCUT2D eigenvalue weighted by Gasteiger charge is -2.07. The van der Waals surface area contributed by atoms with E-state index < -0.39 is 0 Å². The first-order chi connectivity index (χ1) is 7.43. The number of thioether (sulfide) groups is 1. The summed E-state index contributed by atoms with van der Waals surface area (Å²) < 4.78 is 1.88. The summed E-state index contributed by atoms with van der Waals surface area (Å²) in [6.07, 6.45) is 1.89. The molecule has 0 aliphatic rings. The maximum absolute atomic E-state index is 7.76. The number of nitrogens with zero attached hydrogens (tertiary/aromatic N) is 1. The molecule has 0 fully saturated rings. The molecule has 0 unspecified atom stereocenters. The van der Waals surface area contributed by atoms with Gasteiger partial charge in [-0.15, -0.1) is 11.8 Å². The van der Waals surface area contributed by atoms with Crippen LogP contribution in [0, 0.1) is 5.41 Å². The SMILES string of the molecule is CSC(=N)C(=C\I)/C(C)=N/NC(C)=C(C)C. The standard InChI is InChI=1S/C11H18IN3S/c1-7(2)8(3)14-15-9(4)10(6-12)11(13)16-5/h6,13-14H,1-5H3/b10-6-,13-11?,15-9+. The molecule has 0 aromatic carbocycles. The van der Waals surface area contributed by atoms with Crippen LogP contribution in [0.2, 0.25) is 0 Å². The van der Waals surface area contributed by atoms with E-state index >= 15 is 0 Å². The highest BCUT2D eigenvalue weighted by molar-refractivity contribution is 14.1. The lowest BCUT2D eigenvalue weighted by Crippen LogP contribution is -2.12. The fraction of sp³-hybridized carbons (Fsp3) is 0.455. The van der Waals surface area contributed by atoms with Gasteiger partial charge in [-0.3, -0.25) is 10.8 Å². The summed E-state index contributed by atoms with van der Waals surface area (Å²) in [7, 11) is 0. The van der Waals surface area contributed by atoms with E-state index in [1.54, 1.807) is 0 Å². The van der Waals surface area contributed by atoms with Crippen molar-refractivity contribution in [1.82, 2.24) is 5.43 Å². The second kappa shape index (κ2) is 7.89. The minimum Gasteiger partial charge on any atom is -0.293 e. The average Bonchev–Trinajstić information content (AvgIpc) is 2.26. The van der Waals surface area contributed by atoms with Crippen molar-refractivity contribution in [3.8, 4) is 0 Å². The van der Waals surface area contributed by atoms with Gasteiger partial charge in [0.25, 0.3) is 0 Å². The fourth-order valence-electron chi connectivity index (χ4n) is 0.742. The number of hydrogen-bond donors (Lipinski definition) is 2. The summed E-state index contributed by atoms with van der Waals surface area (Å²) >= 11 is 3.55. The Kier molecular flexibility index (Phi) is 7.74. The van der Waals surface area contributed by atoms with E-state index in [2.05, 4.69) is 33.1 Å². The van der Waals surface area contributed by atoms with Crippen molar-refractivity contribution in [1.29, 1.82) is 5.41 Å². The first-order valence-corrected chi connectivity index (χ1v) is 7.29. The minimum atomic E-state index is 0.535. The molecule has 0 aromatic rings. The molecule has 3 nitrogen and oxygen atoms in total. The number of hydrazone groups is 1. The van der Waals surface area contributed by atoms with Crippen molar-refractivity contribution in [3.05, 3.63) is 20.9 Å². The Labute approximate surface area is 115 Å². The van der Waals surface area contributed by atoms with Gasteiger partial charge in [-0.1, -0.05) is 28.2 Å². The highest BCUT2D eigenvalue weighted by Gasteiger charge is 2.07. The van der Waals surface area contributed by atoms with Gasteiger partial charge in [-0.25, -0.2) is 0 Å². The van der Waals surface area contributed by atoms with Crippen molar-refractivity contribution in [3.63, 3.8) is 0 Å². The Morgan fingerprint density at radius 2 is 1.88 bits per heavy atom. The second-order valence-corrected chi connectivity index (χ2v) is 4.93. The van der Waals surface area contributed by atoms with Crippen LogP contribution >= 0.6 is 34.4 Å². The Hall–Kier alpha value is -0.300. The molecule has 0 aromatic heterocycles. The van der Waals surface area contributed by atoms with Gasteiger partial charge in [-0.05, 0) is 38.0 Å². The summed E-state index contributed by atoms with van der Waals surface area (Å²) in [5, 5.41) is 12.6. The second-order valence-electron chi connectivity index (χ2n) is 3.49. The summed E-state index contributed by atoms with van der Waals surface area (Å²) in [5.74, 6) is 0. The van der Waals surface area contributed by atoms with Gasteiger partial charge in [0.15, 0.2) is 0 Å². The smallest absolute Gasteiger partial charge is 0.0963 e. The normalized spacial score (nSPS) is 12.4. The van der Waals surface area contributed by atoms with Gasteiger partial charge in [0.2, 0.25) is 0 Å². The Morgan fingerprint density at radius 1 is 1.31 bits per heavy atom. The summed E-state index contributed by atoms with van der Waals surface area (Å²) in [4.78, 5) is 0. The van der Waals surface area contributed by atoms with E-state index in [-0.39, 0.29) is 0 Å². The quantitative estimate of drug-likeness (QED) is 0.349. The third-order valence-corrected chi connectivity index (χ3v) is 3.34. The lowest BCUT2D eigenvalue weighted by molar-refractivity contribution is 0.866. The van der Waals surface area contributed by atoms with E-state index in [9.17, 15) is 0 Å². The molecule has 5 heteroatoms. The third kappa shape index (κ3) is 5.16. The molecule has 0 spiro atoms. The van der Waals surface area contributed by atoms with Crippen molar-refractivity contribution in [2.45, 2.75) is 27.7 Å². The molecule has 16 heavy (non-hydrogen) atoms. The molecular weight excluding hydrogens is 333 g/mol. The van der Waals surface area contributed by atoms with Gasteiger partial charge in [0.05, 0.1) is 10.8 Å². The zero-order valence-corrected chi connectivity index (χ0v) is 13.3. The zero-order chi connectivity index (χ0) is 12.7. The summed E-state index contributed by atoms with van der Waals surface area (Å²) in [5.41, 5.74) is 6.93. The molecular formula is C11H18IN3S. The number of nitrogens with one attached hydrogen (secondary N) is 2. The topological polar surface area (TPSA) is 48.2 Å². The van der Waals surface area contributed by atoms with Crippen LogP contribution in [0.25, 0.3) is 0 Å². The Bertz CT molecular complexity index is 352. The van der Waals surface area contributed by atoms with Gasteiger partial charge in [0.1, 0.15) is 0 Å². The van der Waals surface area contributed by atoms with Crippen LogP contribution in [0.1, 0.15) is 27.7 Å². The van der Waals surface area contributed by atoms with Crippen LogP contribution in [0.3, 0.4) is 0 Å². The number of allylic oxidation sites excluding steroid dienone is 2. The predicted molar refractivity (Wildman–Crippen MR) is 83.6 cm³/mol. The molecule has 0 radical (unpaired) electrons. The molecule has 0 atom stereocenters. The van der Waals surface area contributed by atoms with Crippen LogP contribution in [0.5, 0.6) is 0 Å². The zero-order valence-electron chi connectivity index (χ0n) is 10.3. The van der Waals surface area contributed by atoms with Crippen LogP contribution in [0.15, 0.2) is 26.0 Å². The lowest BCUT2D eigenvalue weighted by atomic mass is 10.2. The van der Waals surface area contributed by atoms with Crippen LogP contribution < -0.4 is 5.43 Å². The average molecular weight is 351 g/mol. The van der Waals surface area contributed by atoms with Crippen molar-refractivity contribution in [2.24, 2.45) is 5.10 Å². The molecule has 0 aliphatic heterocycles. The van der Waals surface area contributed by atoms with Crippen molar-refractivity contribution < 1.29 is 0 Å². The Balaban J connectivity index is 4.79. The highest BCUT2D eigenvalue weighted by atomic mass is 127. The Morgan fingerprint density at radius 3 is 2.25 bits per heavy atom. The first kappa shape index (κ1) is 15.7. The molecule has 0 bridgehead atoms. The van der Waals surface area contributed by atoms with Gasteiger partial charge >= 0.3 is 0 Å². The molecule has 0 rings (SSSR count). The minimum absolute atomic E-state index is 0.535. The predicted octanol–water partition coefficient (Wildman–Crippen LogP) is 3.92. The van der Waals surface area contributed by atoms with Crippen molar-refractivity contribution in [2.75, 3.05) is 6.26 Å². The molecule has 2 N–H and O–H groups in total. The highest BCUT2D eigenvalue weighted by Crippen LogP contribution is 2.12. The number of rotatable bonds is 4. The first-order valence-electron chi connectivity index (χ1n) is 4.82. The van der Waals surface area contributed by atoms with Crippen LogP contribution in [-0.2, 0) is 0 Å². The molecule has 0 saturated heterocycles. The van der Waals surface area contributed by atoms with E-state index in [4.69, 9.17) is 5.41 Å². The largest absolute Gasteiger partial charge is 0.293 e. The van der Waals surface area contributed by atoms with Gasteiger partial charge < -0.3 is 0 Å². The molecule has 0 amide bonds. The third-order valence-electron chi connectivity index (χ3n) is 2.09. The molecule has 0 saturated carbocycles. The van der Waals surface area contributed by atoms with E-state index in [0.717, 1.165) is 17.0 Å². The van der Waals surface area contributed by atoms with Gasteiger partial charge in [0, 0.05) is 11.3 Å². The van der Waals surface area contributed by atoms with E-state index in [0.29, 0.717) is 5.04 Å². The van der Waals surface area contributed by atoms with E-state index in [1.165, 1.54) is 17.3 Å². The van der Waals surface area contributed by atoms with Crippen molar-refractivity contribution >= 4 is 45.1 Å². The summed E-state index contributed by atoms with van der Waals surface area (Å²) in [6.45, 7) is 7.96. The van der Waals surface area contributed by atoms with E-state index in [1.807, 2.05) is 38.0 Å². The molecule has 90 valence electrons. The van der Waals surface area contributed by atoms with Crippen LogP contribution in [-0.4, -0.2) is 17.0 Å². The summed E-state index contributed by atoms with van der Waals surface area (Å²) in [6, 6.07) is 0.